The first kappa shape index (κ1) is 19.0. The van der Waals surface area contributed by atoms with E-state index in [9.17, 15) is 9.59 Å². The third kappa shape index (κ3) is 6.23. The molecule has 0 heterocycles. The fraction of sp³-hybridized carbons (Fsp3) is 0.263. The molecule has 1 amide bonds. The van der Waals surface area contributed by atoms with Crippen LogP contribution < -0.4 is 10.1 Å². The van der Waals surface area contributed by atoms with Crippen molar-refractivity contribution in [3.8, 4) is 5.75 Å². The first-order valence-electron chi connectivity index (χ1n) is 7.87. The van der Waals surface area contributed by atoms with Gasteiger partial charge in [-0.05, 0) is 55.3 Å². The van der Waals surface area contributed by atoms with Crippen molar-refractivity contribution in [1.82, 2.24) is 0 Å². The number of carbonyl (C=O) groups is 2. The lowest BCUT2D eigenvalue weighted by molar-refractivity contribution is -0.153. The lowest BCUT2D eigenvalue weighted by Gasteiger charge is -2.13. The van der Waals surface area contributed by atoms with Crippen molar-refractivity contribution in [2.45, 2.75) is 25.9 Å². The fourth-order valence-corrected chi connectivity index (χ4v) is 2.39. The van der Waals surface area contributed by atoms with E-state index in [0.29, 0.717) is 12.1 Å². The molecule has 0 aliphatic rings. The SMILES string of the molecule is COc1ccc(CCC(=O)O[C@@H](C)C(=O)Nc2ccc(Br)cc2)cc1. The van der Waals surface area contributed by atoms with Crippen molar-refractivity contribution in [1.29, 1.82) is 0 Å². The molecular weight excluding hydrogens is 386 g/mol. The van der Waals surface area contributed by atoms with E-state index in [1.165, 1.54) is 0 Å². The van der Waals surface area contributed by atoms with Crippen LogP contribution in [-0.4, -0.2) is 25.1 Å². The number of esters is 1. The summed E-state index contributed by atoms with van der Waals surface area (Å²) in [6, 6.07) is 14.7. The molecule has 0 fully saturated rings. The Kier molecular flexibility index (Phi) is 7.01. The van der Waals surface area contributed by atoms with Crippen molar-refractivity contribution in [3.63, 3.8) is 0 Å². The fourth-order valence-electron chi connectivity index (χ4n) is 2.13. The van der Waals surface area contributed by atoms with Gasteiger partial charge in [0.05, 0.1) is 7.11 Å². The number of hydrogen-bond acceptors (Lipinski definition) is 4. The number of carbonyl (C=O) groups excluding carboxylic acids is 2. The molecule has 1 atom stereocenters. The summed E-state index contributed by atoms with van der Waals surface area (Å²) in [5.41, 5.74) is 1.65. The summed E-state index contributed by atoms with van der Waals surface area (Å²) in [5.74, 6) is -0.000967. The molecule has 0 bridgehead atoms. The second-order valence-electron chi connectivity index (χ2n) is 5.48. The number of hydrogen-bond donors (Lipinski definition) is 1. The minimum Gasteiger partial charge on any atom is -0.497 e. The minimum absolute atomic E-state index is 0.211. The van der Waals surface area contributed by atoms with Gasteiger partial charge in [0.15, 0.2) is 6.10 Å². The van der Waals surface area contributed by atoms with E-state index in [0.717, 1.165) is 15.8 Å². The zero-order chi connectivity index (χ0) is 18.2. The molecule has 0 unspecified atom stereocenters. The predicted octanol–water partition coefficient (Wildman–Crippen LogP) is 3.96. The smallest absolute Gasteiger partial charge is 0.306 e. The Morgan fingerprint density at radius 1 is 1.08 bits per heavy atom. The number of rotatable bonds is 7. The van der Waals surface area contributed by atoms with Gasteiger partial charge in [-0.3, -0.25) is 9.59 Å². The van der Waals surface area contributed by atoms with Gasteiger partial charge in [-0.2, -0.15) is 0 Å². The third-order valence-corrected chi connectivity index (χ3v) is 4.09. The number of benzene rings is 2. The average Bonchev–Trinajstić information content (AvgIpc) is 2.62. The first-order chi connectivity index (χ1) is 12.0. The normalized spacial score (nSPS) is 11.5. The molecule has 1 N–H and O–H groups in total. The zero-order valence-corrected chi connectivity index (χ0v) is 15.7. The Labute approximate surface area is 155 Å². The van der Waals surface area contributed by atoms with E-state index in [1.54, 1.807) is 26.2 Å². The van der Waals surface area contributed by atoms with Crippen LogP contribution in [0.5, 0.6) is 5.75 Å². The van der Waals surface area contributed by atoms with Crippen LogP contribution in [0.2, 0.25) is 0 Å². The molecule has 0 aliphatic heterocycles. The van der Waals surface area contributed by atoms with E-state index in [4.69, 9.17) is 9.47 Å². The van der Waals surface area contributed by atoms with E-state index in [2.05, 4.69) is 21.2 Å². The molecule has 25 heavy (non-hydrogen) atoms. The average molecular weight is 406 g/mol. The van der Waals surface area contributed by atoms with Gasteiger partial charge in [-0.1, -0.05) is 28.1 Å². The minimum atomic E-state index is -0.855. The number of halogens is 1. The molecule has 0 saturated carbocycles. The standard InChI is InChI=1S/C19H20BrNO4/c1-13(19(23)21-16-8-6-15(20)7-9-16)25-18(22)12-5-14-3-10-17(24-2)11-4-14/h3-4,6-11,13H,5,12H2,1-2H3,(H,21,23)/t13-/m0/s1. The Bertz CT molecular complexity index is 713. The van der Waals surface area contributed by atoms with Gasteiger partial charge in [0.25, 0.3) is 5.91 Å². The molecule has 2 aromatic rings. The highest BCUT2D eigenvalue weighted by Gasteiger charge is 2.17. The van der Waals surface area contributed by atoms with Gasteiger partial charge >= 0.3 is 5.97 Å². The number of anilines is 1. The number of ether oxygens (including phenoxy) is 2. The summed E-state index contributed by atoms with van der Waals surface area (Å²) in [4.78, 5) is 24.0. The Morgan fingerprint density at radius 3 is 2.32 bits per heavy atom. The third-order valence-electron chi connectivity index (χ3n) is 3.57. The maximum Gasteiger partial charge on any atom is 0.306 e. The maximum absolute atomic E-state index is 12.1. The summed E-state index contributed by atoms with van der Waals surface area (Å²) in [6.07, 6.45) is -0.0986. The first-order valence-corrected chi connectivity index (χ1v) is 8.66. The van der Waals surface area contributed by atoms with Crippen LogP contribution >= 0.6 is 15.9 Å². The van der Waals surface area contributed by atoms with Crippen LogP contribution in [0.4, 0.5) is 5.69 Å². The molecule has 6 heteroatoms. The van der Waals surface area contributed by atoms with Crippen LogP contribution in [0.15, 0.2) is 53.0 Å². The van der Waals surface area contributed by atoms with E-state index < -0.39 is 12.1 Å². The highest BCUT2D eigenvalue weighted by atomic mass is 79.9. The highest BCUT2D eigenvalue weighted by Crippen LogP contribution is 2.15. The van der Waals surface area contributed by atoms with Crippen LogP contribution in [0.1, 0.15) is 18.9 Å². The number of methoxy groups -OCH3 is 1. The zero-order valence-electron chi connectivity index (χ0n) is 14.1. The summed E-state index contributed by atoms with van der Waals surface area (Å²) in [7, 11) is 1.60. The van der Waals surface area contributed by atoms with E-state index in [-0.39, 0.29) is 12.3 Å². The predicted molar refractivity (Wildman–Crippen MR) is 99.6 cm³/mol. The number of nitrogens with one attached hydrogen (secondary N) is 1. The molecule has 0 spiro atoms. The van der Waals surface area contributed by atoms with Gasteiger partial charge in [0.1, 0.15) is 5.75 Å². The van der Waals surface area contributed by atoms with Gasteiger partial charge in [0, 0.05) is 16.6 Å². The highest BCUT2D eigenvalue weighted by molar-refractivity contribution is 9.10. The van der Waals surface area contributed by atoms with Gasteiger partial charge in [0.2, 0.25) is 0 Å². The Morgan fingerprint density at radius 2 is 1.72 bits per heavy atom. The van der Waals surface area contributed by atoms with Gasteiger partial charge in [-0.25, -0.2) is 0 Å². The summed E-state index contributed by atoms with van der Waals surface area (Å²) < 4.78 is 11.2. The largest absolute Gasteiger partial charge is 0.497 e. The maximum atomic E-state index is 12.1. The van der Waals surface area contributed by atoms with Crippen molar-refractivity contribution in [2.75, 3.05) is 12.4 Å². The second-order valence-corrected chi connectivity index (χ2v) is 6.39. The molecule has 0 saturated heterocycles. The Hall–Kier alpha value is -2.34. The lowest BCUT2D eigenvalue weighted by atomic mass is 10.1. The van der Waals surface area contributed by atoms with E-state index >= 15 is 0 Å². The molecule has 0 aliphatic carbocycles. The van der Waals surface area contributed by atoms with Crippen LogP contribution in [0, 0.1) is 0 Å². The Balaban J connectivity index is 1.78. The van der Waals surface area contributed by atoms with Crippen LogP contribution in [0.25, 0.3) is 0 Å². The summed E-state index contributed by atoms with van der Waals surface area (Å²) in [6.45, 7) is 1.56. The van der Waals surface area contributed by atoms with Gasteiger partial charge in [-0.15, -0.1) is 0 Å². The second kappa shape index (κ2) is 9.22. The molecule has 0 radical (unpaired) electrons. The molecule has 132 valence electrons. The monoisotopic (exact) mass is 405 g/mol. The van der Waals surface area contributed by atoms with E-state index in [1.807, 2.05) is 36.4 Å². The quantitative estimate of drug-likeness (QED) is 0.707. The van der Waals surface area contributed by atoms with Crippen molar-refractivity contribution in [3.05, 3.63) is 58.6 Å². The molecule has 2 aromatic carbocycles. The lowest BCUT2D eigenvalue weighted by Crippen LogP contribution is -2.30. The molecule has 0 aromatic heterocycles. The van der Waals surface area contributed by atoms with Crippen LogP contribution in [-0.2, 0) is 20.7 Å². The molecule has 5 nitrogen and oxygen atoms in total. The summed E-state index contributed by atoms with van der Waals surface area (Å²) in [5, 5.41) is 2.71. The summed E-state index contributed by atoms with van der Waals surface area (Å²) >= 11 is 3.33. The topological polar surface area (TPSA) is 64.6 Å². The number of aryl methyl sites for hydroxylation is 1. The van der Waals surface area contributed by atoms with Crippen molar-refractivity contribution >= 4 is 33.5 Å². The van der Waals surface area contributed by atoms with Gasteiger partial charge < -0.3 is 14.8 Å². The van der Waals surface area contributed by atoms with Crippen LogP contribution in [0.3, 0.4) is 0 Å². The molecular formula is C19H20BrNO4. The number of amides is 1. The van der Waals surface area contributed by atoms with Crippen molar-refractivity contribution in [2.24, 2.45) is 0 Å². The van der Waals surface area contributed by atoms with Crippen molar-refractivity contribution < 1.29 is 19.1 Å². The molecule has 2 rings (SSSR count).